The fraction of sp³-hybridized carbons (Fsp3) is 0.654. The Labute approximate surface area is 220 Å². The van der Waals surface area contributed by atoms with Gasteiger partial charge in [-0.1, -0.05) is 59.3 Å². The van der Waals surface area contributed by atoms with E-state index in [0.29, 0.717) is 31.6 Å². The average molecular weight is 565 g/mol. The number of ether oxygens (including phenoxy) is 1. The van der Waals surface area contributed by atoms with Gasteiger partial charge in [0.25, 0.3) is 0 Å². The van der Waals surface area contributed by atoms with Crippen molar-refractivity contribution in [3.8, 4) is 0 Å². The molecule has 35 heavy (non-hydrogen) atoms. The number of carbonyl (C=O) groups excluding carboxylic acids is 1. The van der Waals surface area contributed by atoms with E-state index in [-0.39, 0.29) is 5.91 Å². The predicted molar refractivity (Wildman–Crippen MR) is 148 cm³/mol. The molecule has 1 aliphatic rings. The number of unbranched alkanes of at least 4 members (excludes halogenated alkanes) is 1. The van der Waals surface area contributed by atoms with Gasteiger partial charge in [0.15, 0.2) is 5.82 Å². The van der Waals surface area contributed by atoms with Crippen LogP contribution in [0.1, 0.15) is 69.3 Å². The molecule has 2 aromatic rings. The monoisotopic (exact) mass is 563 g/mol. The first-order chi connectivity index (χ1) is 16.4. The van der Waals surface area contributed by atoms with Gasteiger partial charge in [0, 0.05) is 31.4 Å². The number of halogens is 1. The van der Waals surface area contributed by atoms with Gasteiger partial charge in [0.1, 0.15) is 11.3 Å². The van der Waals surface area contributed by atoms with Crippen molar-refractivity contribution in [3.63, 3.8) is 0 Å². The van der Waals surface area contributed by atoms with Crippen LogP contribution in [0.2, 0.25) is 25.7 Å². The van der Waals surface area contributed by atoms with Crippen molar-refractivity contribution < 1.29 is 9.53 Å². The van der Waals surface area contributed by atoms with Crippen LogP contribution in [0.4, 0.5) is 5.82 Å². The molecule has 194 valence electrons. The maximum Gasteiger partial charge on any atom is 0.228 e. The van der Waals surface area contributed by atoms with E-state index >= 15 is 0 Å². The normalized spacial score (nSPS) is 14.9. The Balaban J connectivity index is 1.48. The molecule has 1 unspecified atom stereocenters. The molecular weight excluding hydrogens is 522 g/mol. The molecule has 1 atom stereocenters. The molecule has 0 saturated carbocycles. The molecule has 9 heteroatoms. The van der Waals surface area contributed by atoms with Crippen molar-refractivity contribution in [3.05, 3.63) is 39.8 Å². The highest BCUT2D eigenvalue weighted by Crippen LogP contribution is 2.34. The third kappa shape index (κ3) is 7.63. The minimum absolute atomic E-state index is 0.181. The van der Waals surface area contributed by atoms with E-state index in [9.17, 15) is 4.79 Å². The van der Waals surface area contributed by atoms with Crippen molar-refractivity contribution in [1.82, 2.24) is 19.7 Å². The maximum atomic E-state index is 13.4. The number of pyridine rings is 1. The summed E-state index contributed by atoms with van der Waals surface area (Å²) in [5.74, 6) is 1.09. The first-order valence-corrected chi connectivity index (χ1v) is 17.2. The highest BCUT2D eigenvalue weighted by atomic mass is 79.9. The van der Waals surface area contributed by atoms with Crippen LogP contribution < -0.4 is 5.73 Å². The fourth-order valence-corrected chi connectivity index (χ4v) is 5.62. The standard InChI is InChI=1S/C26H42BrN5O2Si/c1-19(21-11-9-12-23(27)29-21)10-7-8-13-26(2,3)25(33)31-16-20-22(17-31)32(30-24(20)28)18-34-14-15-35(4,5)6/h9,11-12,19H,7-8,10,13-18H2,1-6H3,(H2,28,30). The van der Waals surface area contributed by atoms with E-state index in [0.717, 1.165) is 59.9 Å². The van der Waals surface area contributed by atoms with Crippen molar-refractivity contribution in [2.45, 2.75) is 97.9 Å². The van der Waals surface area contributed by atoms with Gasteiger partial charge >= 0.3 is 0 Å². The molecule has 1 amide bonds. The Bertz CT molecular complexity index is 1020. The van der Waals surface area contributed by atoms with E-state index in [1.165, 1.54) is 0 Å². The molecule has 2 aromatic heterocycles. The summed E-state index contributed by atoms with van der Waals surface area (Å²) in [6.45, 7) is 15.6. The minimum Gasteiger partial charge on any atom is -0.382 e. The second-order valence-electron chi connectivity index (χ2n) is 11.7. The number of carbonyl (C=O) groups is 1. The Morgan fingerprint density at radius 3 is 2.69 bits per heavy atom. The third-order valence-electron chi connectivity index (χ3n) is 6.89. The molecule has 3 rings (SSSR count). The number of aromatic nitrogens is 3. The first-order valence-electron chi connectivity index (χ1n) is 12.7. The van der Waals surface area contributed by atoms with Crippen molar-refractivity contribution in [1.29, 1.82) is 0 Å². The summed E-state index contributed by atoms with van der Waals surface area (Å²) in [5.41, 5.74) is 8.87. The topological polar surface area (TPSA) is 86.3 Å². The molecule has 0 aliphatic carbocycles. The second-order valence-corrected chi connectivity index (χ2v) is 18.2. The fourth-order valence-electron chi connectivity index (χ4n) is 4.51. The zero-order valence-electron chi connectivity index (χ0n) is 22.2. The van der Waals surface area contributed by atoms with Crippen LogP contribution in [0.25, 0.3) is 0 Å². The second kappa shape index (κ2) is 11.6. The highest BCUT2D eigenvalue weighted by Gasteiger charge is 2.37. The smallest absolute Gasteiger partial charge is 0.228 e. The van der Waals surface area contributed by atoms with Gasteiger partial charge < -0.3 is 15.4 Å². The first kappa shape index (κ1) is 27.9. The molecule has 0 bridgehead atoms. The van der Waals surface area contributed by atoms with Gasteiger partial charge in [-0.15, -0.1) is 0 Å². The van der Waals surface area contributed by atoms with Gasteiger partial charge in [-0.25, -0.2) is 9.67 Å². The third-order valence-corrected chi connectivity index (χ3v) is 9.04. The van der Waals surface area contributed by atoms with Crippen molar-refractivity contribution in [2.24, 2.45) is 5.41 Å². The largest absolute Gasteiger partial charge is 0.382 e. The minimum atomic E-state index is -1.14. The number of anilines is 1. The number of fused-ring (bicyclic) bond motifs is 1. The number of amides is 1. The lowest BCUT2D eigenvalue weighted by molar-refractivity contribution is -0.141. The van der Waals surface area contributed by atoms with E-state index < -0.39 is 13.5 Å². The van der Waals surface area contributed by atoms with Gasteiger partial charge in [0.2, 0.25) is 5.91 Å². The zero-order valence-corrected chi connectivity index (χ0v) is 24.8. The van der Waals surface area contributed by atoms with Crippen LogP contribution in [-0.2, 0) is 29.4 Å². The van der Waals surface area contributed by atoms with E-state index in [1.807, 2.05) is 21.7 Å². The van der Waals surface area contributed by atoms with Crippen LogP contribution >= 0.6 is 15.9 Å². The van der Waals surface area contributed by atoms with E-state index in [1.54, 1.807) is 0 Å². The molecule has 0 fully saturated rings. The summed E-state index contributed by atoms with van der Waals surface area (Å²) >= 11 is 3.45. The number of rotatable bonds is 12. The lowest BCUT2D eigenvalue weighted by Crippen LogP contribution is -2.38. The van der Waals surface area contributed by atoms with E-state index in [2.05, 4.69) is 72.5 Å². The SMILES string of the molecule is CC(CCCCC(C)(C)C(=O)N1Cc2c(N)nn(COCC[Si](C)(C)C)c2C1)c1cccc(Br)n1. The van der Waals surface area contributed by atoms with Crippen LogP contribution in [-0.4, -0.2) is 40.3 Å². The Morgan fingerprint density at radius 2 is 2.00 bits per heavy atom. The van der Waals surface area contributed by atoms with Crippen LogP contribution in [0.5, 0.6) is 0 Å². The molecular formula is C26H42BrN5O2Si. The van der Waals surface area contributed by atoms with Gasteiger partial charge in [0.05, 0.1) is 18.8 Å². The van der Waals surface area contributed by atoms with Gasteiger partial charge in [-0.2, -0.15) is 5.10 Å². The summed E-state index contributed by atoms with van der Waals surface area (Å²) in [6, 6.07) is 7.18. The maximum absolute atomic E-state index is 13.4. The quantitative estimate of drug-likeness (QED) is 0.189. The number of hydrogen-bond donors (Lipinski definition) is 1. The molecule has 3 heterocycles. The summed E-state index contributed by atoms with van der Waals surface area (Å²) < 4.78 is 8.61. The van der Waals surface area contributed by atoms with Crippen LogP contribution in [0, 0.1) is 5.41 Å². The molecule has 0 saturated heterocycles. The summed E-state index contributed by atoms with van der Waals surface area (Å²) in [4.78, 5) is 19.9. The Hall–Kier alpha value is -1.71. The van der Waals surface area contributed by atoms with Crippen LogP contribution in [0.3, 0.4) is 0 Å². The number of nitrogen functional groups attached to an aromatic ring is 1. The van der Waals surface area contributed by atoms with Gasteiger partial charge in [-0.3, -0.25) is 4.79 Å². The summed E-state index contributed by atoms with van der Waals surface area (Å²) in [7, 11) is -1.14. The lowest BCUT2D eigenvalue weighted by atomic mass is 9.84. The van der Waals surface area contributed by atoms with Gasteiger partial charge in [-0.05, 0) is 52.9 Å². The molecule has 0 spiro atoms. The van der Waals surface area contributed by atoms with E-state index in [4.69, 9.17) is 10.5 Å². The summed E-state index contributed by atoms with van der Waals surface area (Å²) in [5, 5.41) is 4.46. The van der Waals surface area contributed by atoms with Crippen molar-refractivity contribution >= 4 is 35.7 Å². The molecule has 0 aromatic carbocycles. The number of nitrogens with zero attached hydrogens (tertiary/aromatic N) is 4. The summed E-state index contributed by atoms with van der Waals surface area (Å²) in [6.07, 6.45) is 4.01. The van der Waals surface area contributed by atoms with Crippen molar-refractivity contribution in [2.75, 3.05) is 12.3 Å². The molecule has 0 radical (unpaired) electrons. The Kier molecular flexibility index (Phi) is 9.20. The predicted octanol–water partition coefficient (Wildman–Crippen LogP) is 6.17. The Morgan fingerprint density at radius 1 is 1.26 bits per heavy atom. The highest BCUT2D eigenvalue weighted by molar-refractivity contribution is 9.10. The average Bonchev–Trinajstić information content (AvgIpc) is 3.33. The molecule has 7 nitrogen and oxygen atoms in total. The lowest BCUT2D eigenvalue weighted by Gasteiger charge is -2.29. The molecule has 2 N–H and O–H groups in total. The number of hydrogen-bond acceptors (Lipinski definition) is 5. The van der Waals surface area contributed by atoms with Crippen LogP contribution in [0.15, 0.2) is 22.8 Å². The number of nitrogens with two attached hydrogens (primary N) is 1. The molecule has 1 aliphatic heterocycles. The zero-order chi connectivity index (χ0) is 25.8.